The third kappa shape index (κ3) is 3.56. The van der Waals surface area contributed by atoms with Gasteiger partial charge in [-0.2, -0.15) is 0 Å². The molecule has 0 saturated carbocycles. The summed E-state index contributed by atoms with van der Waals surface area (Å²) < 4.78 is 6.99. The molecule has 2 aromatic heterocycles. The van der Waals surface area contributed by atoms with Gasteiger partial charge >= 0.3 is 0 Å². The van der Waals surface area contributed by atoms with Gasteiger partial charge in [0.05, 0.1) is 22.5 Å². The quantitative estimate of drug-likeness (QED) is 0.834. The molecular formula is C16H22ClN5OS. The van der Waals surface area contributed by atoms with Crippen LogP contribution < -0.4 is 5.32 Å². The molecular weight excluding hydrogens is 346 g/mol. The van der Waals surface area contributed by atoms with Gasteiger partial charge in [-0.25, -0.2) is 9.97 Å². The minimum atomic E-state index is -0.0445. The minimum Gasteiger partial charge on any atom is -0.369 e. The monoisotopic (exact) mass is 367 g/mol. The molecule has 2 saturated heterocycles. The van der Waals surface area contributed by atoms with Crippen molar-refractivity contribution in [3.63, 3.8) is 0 Å². The normalized spacial score (nSPS) is 23.8. The highest BCUT2D eigenvalue weighted by atomic mass is 35.5. The highest BCUT2D eigenvalue weighted by molar-refractivity contribution is 7.19. The maximum absolute atomic E-state index is 6.15. The van der Waals surface area contributed by atoms with Crippen molar-refractivity contribution in [3.05, 3.63) is 21.9 Å². The number of ether oxygens (including phenoxy) is 1. The van der Waals surface area contributed by atoms with Gasteiger partial charge in [0.2, 0.25) is 5.28 Å². The van der Waals surface area contributed by atoms with E-state index in [0.29, 0.717) is 11.9 Å². The van der Waals surface area contributed by atoms with Crippen molar-refractivity contribution >= 4 is 33.2 Å². The summed E-state index contributed by atoms with van der Waals surface area (Å²) in [4.78, 5) is 15.1. The zero-order valence-electron chi connectivity index (χ0n) is 13.8. The number of rotatable bonds is 3. The molecule has 1 N–H and O–H groups in total. The van der Waals surface area contributed by atoms with Crippen molar-refractivity contribution in [3.8, 4) is 0 Å². The second kappa shape index (κ2) is 7.19. The van der Waals surface area contributed by atoms with Gasteiger partial charge in [0.25, 0.3) is 0 Å². The van der Waals surface area contributed by atoms with Gasteiger partial charge < -0.3 is 15.0 Å². The SMILES string of the molecule is CN1CCN(Cc2cc3nc(Cl)nc(C4CNCCO4)c3s2)CC1. The summed E-state index contributed by atoms with van der Waals surface area (Å²) in [6.45, 7) is 7.81. The lowest BCUT2D eigenvalue weighted by Gasteiger charge is -2.31. The average molecular weight is 368 g/mol. The summed E-state index contributed by atoms with van der Waals surface area (Å²) in [5.74, 6) is 0. The molecule has 2 fully saturated rings. The molecule has 0 spiro atoms. The topological polar surface area (TPSA) is 53.5 Å². The van der Waals surface area contributed by atoms with Crippen molar-refractivity contribution in [1.29, 1.82) is 0 Å². The zero-order valence-corrected chi connectivity index (χ0v) is 15.4. The maximum atomic E-state index is 6.15. The predicted molar refractivity (Wildman–Crippen MR) is 96.8 cm³/mol. The Labute approximate surface area is 150 Å². The fourth-order valence-corrected chi connectivity index (χ4v) is 4.59. The number of likely N-dealkylation sites (N-methyl/N-ethyl adjacent to an activating group) is 1. The number of fused-ring (bicyclic) bond motifs is 1. The van der Waals surface area contributed by atoms with E-state index in [-0.39, 0.29) is 6.10 Å². The van der Waals surface area contributed by atoms with E-state index < -0.39 is 0 Å². The first-order valence-corrected chi connectivity index (χ1v) is 9.57. The fraction of sp³-hybridized carbons (Fsp3) is 0.625. The van der Waals surface area contributed by atoms with Crippen molar-refractivity contribution in [1.82, 2.24) is 25.1 Å². The molecule has 130 valence electrons. The van der Waals surface area contributed by atoms with Crippen molar-refractivity contribution in [2.75, 3.05) is 52.9 Å². The summed E-state index contributed by atoms with van der Waals surface area (Å²) >= 11 is 7.92. The number of morpholine rings is 1. The number of halogens is 1. The Bertz CT molecular complexity index is 710. The number of nitrogens with one attached hydrogen (secondary N) is 1. The predicted octanol–water partition coefficient (Wildman–Crippen LogP) is 1.75. The second-order valence-corrected chi connectivity index (χ2v) is 7.92. The van der Waals surface area contributed by atoms with Gasteiger partial charge in [0, 0.05) is 50.7 Å². The minimum absolute atomic E-state index is 0.0445. The van der Waals surface area contributed by atoms with Crippen LogP contribution in [-0.4, -0.2) is 72.7 Å². The molecule has 1 unspecified atom stereocenters. The molecule has 2 aliphatic heterocycles. The second-order valence-electron chi connectivity index (χ2n) is 6.45. The van der Waals surface area contributed by atoms with Gasteiger partial charge in [0.1, 0.15) is 6.10 Å². The van der Waals surface area contributed by atoms with Crippen molar-refractivity contribution in [2.45, 2.75) is 12.6 Å². The van der Waals surface area contributed by atoms with Gasteiger partial charge in [-0.15, -0.1) is 11.3 Å². The molecule has 8 heteroatoms. The van der Waals surface area contributed by atoms with Crippen LogP contribution in [-0.2, 0) is 11.3 Å². The largest absolute Gasteiger partial charge is 0.369 e. The maximum Gasteiger partial charge on any atom is 0.223 e. The number of thiophene rings is 1. The van der Waals surface area contributed by atoms with E-state index in [2.05, 4.69) is 38.2 Å². The highest BCUT2D eigenvalue weighted by Gasteiger charge is 2.23. The third-order valence-electron chi connectivity index (χ3n) is 4.63. The van der Waals surface area contributed by atoms with E-state index in [0.717, 1.165) is 61.7 Å². The van der Waals surface area contributed by atoms with Crippen molar-refractivity contribution < 1.29 is 4.74 Å². The summed E-state index contributed by atoms with van der Waals surface area (Å²) in [5, 5.41) is 3.66. The Morgan fingerprint density at radius 3 is 2.92 bits per heavy atom. The zero-order chi connectivity index (χ0) is 16.5. The molecule has 0 radical (unpaired) electrons. The van der Waals surface area contributed by atoms with Crippen LogP contribution in [0.15, 0.2) is 6.07 Å². The molecule has 0 aromatic carbocycles. The molecule has 6 nitrogen and oxygen atoms in total. The van der Waals surface area contributed by atoms with Crippen molar-refractivity contribution in [2.24, 2.45) is 0 Å². The molecule has 4 rings (SSSR count). The number of piperazine rings is 1. The van der Waals surface area contributed by atoms with Crippen LogP contribution in [0.1, 0.15) is 16.7 Å². The lowest BCUT2D eigenvalue weighted by atomic mass is 10.2. The lowest BCUT2D eigenvalue weighted by molar-refractivity contribution is 0.0261. The van der Waals surface area contributed by atoms with Crippen LogP contribution in [0.3, 0.4) is 0 Å². The molecule has 0 amide bonds. The van der Waals surface area contributed by atoms with Gasteiger partial charge in [-0.05, 0) is 24.7 Å². The van der Waals surface area contributed by atoms with E-state index >= 15 is 0 Å². The Morgan fingerprint density at radius 2 is 2.17 bits per heavy atom. The Kier molecular flexibility index (Phi) is 4.98. The number of hydrogen-bond donors (Lipinski definition) is 1. The first-order chi connectivity index (χ1) is 11.7. The van der Waals surface area contributed by atoms with Crippen LogP contribution in [0.25, 0.3) is 10.2 Å². The number of nitrogens with zero attached hydrogens (tertiary/aromatic N) is 4. The van der Waals surface area contributed by atoms with E-state index in [1.54, 1.807) is 11.3 Å². The van der Waals surface area contributed by atoms with E-state index in [1.807, 2.05) is 0 Å². The fourth-order valence-electron chi connectivity index (χ4n) is 3.24. The first kappa shape index (κ1) is 16.6. The van der Waals surface area contributed by atoms with E-state index in [9.17, 15) is 0 Å². The Hall–Kier alpha value is -0.830. The molecule has 2 aromatic rings. The third-order valence-corrected chi connectivity index (χ3v) is 5.93. The van der Waals surface area contributed by atoms with Crippen LogP contribution in [0, 0.1) is 0 Å². The van der Waals surface area contributed by atoms with Gasteiger partial charge in [0.15, 0.2) is 0 Å². The Balaban J connectivity index is 1.59. The average Bonchev–Trinajstić information content (AvgIpc) is 2.99. The summed E-state index contributed by atoms with van der Waals surface area (Å²) in [6.07, 6.45) is -0.0445. The summed E-state index contributed by atoms with van der Waals surface area (Å²) in [6, 6.07) is 2.16. The summed E-state index contributed by atoms with van der Waals surface area (Å²) in [7, 11) is 2.18. The highest BCUT2D eigenvalue weighted by Crippen LogP contribution is 2.33. The lowest BCUT2D eigenvalue weighted by Crippen LogP contribution is -2.43. The Morgan fingerprint density at radius 1 is 1.33 bits per heavy atom. The van der Waals surface area contributed by atoms with E-state index in [4.69, 9.17) is 16.3 Å². The van der Waals surface area contributed by atoms with Crippen LogP contribution >= 0.6 is 22.9 Å². The van der Waals surface area contributed by atoms with Crippen LogP contribution in [0.4, 0.5) is 0 Å². The van der Waals surface area contributed by atoms with Gasteiger partial charge in [-0.1, -0.05) is 0 Å². The molecule has 24 heavy (non-hydrogen) atoms. The summed E-state index contributed by atoms with van der Waals surface area (Å²) in [5.41, 5.74) is 1.86. The standard InChI is InChI=1S/C16H22ClN5OS/c1-21-3-5-22(6-4-21)10-11-8-12-15(24-11)14(20-16(17)19-12)13-9-18-2-7-23-13/h8,13,18H,2-7,9-10H2,1H3. The number of hydrogen-bond acceptors (Lipinski definition) is 7. The van der Waals surface area contributed by atoms with E-state index in [1.165, 1.54) is 4.88 Å². The molecule has 1 atom stereocenters. The first-order valence-electron chi connectivity index (χ1n) is 8.38. The molecule has 0 aliphatic carbocycles. The molecule has 0 bridgehead atoms. The van der Waals surface area contributed by atoms with Crippen LogP contribution in [0.2, 0.25) is 5.28 Å². The molecule has 2 aliphatic rings. The van der Waals surface area contributed by atoms with Gasteiger partial charge in [-0.3, -0.25) is 4.90 Å². The van der Waals surface area contributed by atoms with Crippen LogP contribution in [0.5, 0.6) is 0 Å². The smallest absolute Gasteiger partial charge is 0.223 e. The molecule has 4 heterocycles. The number of aromatic nitrogens is 2.